The molecule has 0 spiro atoms. The van der Waals surface area contributed by atoms with Gasteiger partial charge in [-0.3, -0.25) is 48.9 Å². The second kappa shape index (κ2) is 16.4. The van der Waals surface area contributed by atoms with E-state index in [1.165, 1.54) is 0 Å². The van der Waals surface area contributed by atoms with E-state index in [0.29, 0.717) is 35.2 Å². The second-order valence-electron chi connectivity index (χ2n) is 16.8. The van der Waals surface area contributed by atoms with Gasteiger partial charge in [-0.1, -0.05) is 0 Å². The van der Waals surface area contributed by atoms with Gasteiger partial charge in [-0.15, -0.1) is 0 Å². The van der Waals surface area contributed by atoms with Gasteiger partial charge in [0, 0.05) is 95.0 Å². The number of benzene rings is 2. The standard InChI is InChI=1S/C42H52N12O6/c1-48-15-20-53(42(48)60)30-3-2-13-51(25-30)34-22-44-36(37(43)56)38(46-34)45-27-4-6-28(7-5-27)50-18-16-49(17-19-50)14-12-26-23-52(24-26)29-8-9-31-32(21-29)41(59)54(40(31)58)33-10-11-35(55)47-39(33)57/h4-9,21-22,26,30,33,42,60H,2-3,10-20,23-25H2,1H3,(H2,43,56)(H,45,46)(H,47,55,57)/t30-,33?,42?/m1/s1. The zero-order valence-electron chi connectivity index (χ0n) is 33.8. The van der Waals surface area contributed by atoms with E-state index in [0.717, 1.165) is 107 Å². The normalized spacial score (nSPS) is 24.5. The number of likely N-dealkylation sites (N-methyl/N-ethyl adjacent to an activating group) is 1. The molecule has 9 rings (SSSR count). The minimum Gasteiger partial charge on any atom is -0.371 e. The third-order valence-electron chi connectivity index (χ3n) is 13.1. The van der Waals surface area contributed by atoms with Gasteiger partial charge in [0.25, 0.3) is 17.7 Å². The molecule has 316 valence electrons. The number of aromatic nitrogens is 2. The average Bonchev–Trinajstić information content (AvgIpc) is 3.70. The zero-order chi connectivity index (χ0) is 41.7. The van der Waals surface area contributed by atoms with Crippen LogP contribution < -0.4 is 31.1 Å². The highest BCUT2D eigenvalue weighted by Crippen LogP contribution is 2.34. The highest BCUT2D eigenvalue weighted by Gasteiger charge is 2.45. The molecule has 0 radical (unpaired) electrons. The Bertz CT molecular complexity index is 2170. The number of primary amides is 1. The quantitative estimate of drug-likeness (QED) is 0.198. The van der Waals surface area contributed by atoms with Crippen molar-refractivity contribution in [3.8, 4) is 0 Å². The topological polar surface area (TPSA) is 204 Å². The number of hydrogen-bond donors (Lipinski definition) is 4. The van der Waals surface area contributed by atoms with Gasteiger partial charge in [0.15, 0.2) is 17.9 Å². The molecule has 0 aliphatic carbocycles. The number of carbonyl (C=O) groups is 5. The molecule has 5 N–H and O–H groups in total. The molecule has 60 heavy (non-hydrogen) atoms. The maximum absolute atomic E-state index is 13.3. The number of carbonyl (C=O) groups excluding carboxylic acids is 5. The first kappa shape index (κ1) is 39.8. The molecule has 18 heteroatoms. The van der Waals surface area contributed by atoms with Crippen LogP contribution in [0, 0.1) is 5.92 Å². The number of nitrogens with two attached hydrogens (primary N) is 1. The Morgan fingerprint density at radius 3 is 2.33 bits per heavy atom. The van der Waals surface area contributed by atoms with Crippen molar-refractivity contribution >= 4 is 58.2 Å². The summed E-state index contributed by atoms with van der Waals surface area (Å²) in [6, 6.07) is 12.6. The zero-order valence-corrected chi connectivity index (χ0v) is 33.8. The number of piperidine rings is 2. The molecule has 5 saturated heterocycles. The Hall–Kier alpha value is -5.69. The fraction of sp³-hybridized carbons (Fsp3) is 0.500. The van der Waals surface area contributed by atoms with Crippen molar-refractivity contribution in [3.63, 3.8) is 0 Å². The highest BCUT2D eigenvalue weighted by molar-refractivity contribution is 6.23. The summed E-state index contributed by atoms with van der Waals surface area (Å²) in [6.07, 6.45) is 4.26. The van der Waals surface area contributed by atoms with Gasteiger partial charge in [-0.05, 0) is 87.7 Å². The number of imide groups is 2. The molecule has 18 nitrogen and oxygen atoms in total. The number of rotatable bonds is 11. The van der Waals surface area contributed by atoms with E-state index in [9.17, 15) is 29.1 Å². The lowest BCUT2D eigenvalue weighted by Crippen LogP contribution is -2.54. The van der Waals surface area contributed by atoms with Crippen molar-refractivity contribution in [2.75, 3.05) is 99.1 Å². The number of aliphatic hydroxyl groups is 1. The van der Waals surface area contributed by atoms with Crippen molar-refractivity contribution in [1.82, 2.24) is 34.9 Å². The van der Waals surface area contributed by atoms with E-state index in [2.05, 4.69) is 52.2 Å². The van der Waals surface area contributed by atoms with Crippen LogP contribution in [-0.2, 0) is 9.59 Å². The van der Waals surface area contributed by atoms with Crippen molar-refractivity contribution in [2.45, 2.75) is 50.5 Å². The number of piperazine rings is 1. The van der Waals surface area contributed by atoms with Crippen LogP contribution in [0.5, 0.6) is 0 Å². The Labute approximate surface area is 348 Å². The van der Waals surface area contributed by atoms with Crippen LogP contribution in [0.4, 0.5) is 28.7 Å². The van der Waals surface area contributed by atoms with E-state index >= 15 is 0 Å². The van der Waals surface area contributed by atoms with Gasteiger partial charge in [-0.2, -0.15) is 0 Å². The summed E-state index contributed by atoms with van der Waals surface area (Å²) in [7, 11) is 1.93. The van der Waals surface area contributed by atoms with E-state index in [-0.39, 0.29) is 24.6 Å². The molecule has 0 bridgehead atoms. The molecule has 2 aromatic carbocycles. The molecule has 6 aliphatic heterocycles. The lowest BCUT2D eigenvalue weighted by Gasteiger charge is -2.43. The van der Waals surface area contributed by atoms with Gasteiger partial charge in [-0.25, -0.2) is 9.97 Å². The largest absolute Gasteiger partial charge is 0.371 e. The van der Waals surface area contributed by atoms with Gasteiger partial charge in [0.2, 0.25) is 11.8 Å². The molecule has 7 heterocycles. The van der Waals surface area contributed by atoms with Crippen molar-refractivity contribution in [2.24, 2.45) is 11.7 Å². The van der Waals surface area contributed by atoms with Gasteiger partial charge in [0.05, 0.1) is 17.3 Å². The molecule has 3 aromatic rings. The van der Waals surface area contributed by atoms with Crippen LogP contribution in [0.25, 0.3) is 0 Å². The molecular weight excluding hydrogens is 769 g/mol. The molecule has 0 saturated carbocycles. The number of hydrogen-bond acceptors (Lipinski definition) is 15. The highest BCUT2D eigenvalue weighted by atomic mass is 16.3. The van der Waals surface area contributed by atoms with Crippen LogP contribution in [0.1, 0.15) is 63.3 Å². The summed E-state index contributed by atoms with van der Waals surface area (Å²) in [4.78, 5) is 86.3. The second-order valence-corrected chi connectivity index (χ2v) is 16.8. The summed E-state index contributed by atoms with van der Waals surface area (Å²) < 4.78 is 0. The van der Waals surface area contributed by atoms with E-state index in [4.69, 9.17) is 10.7 Å². The first-order chi connectivity index (χ1) is 29.0. The average molecular weight is 821 g/mol. The van der Waals surface area contributed by atoms with Gasteiger partial charge >= 0.3 is 0 Å². The number of amides is 5. The first-order valence-electron chi connectivity index (χ1n) is 21.0. The number of nitrogens with one attached hydrogen (secondary N) is 2. The summed E-state index contributed by atoms with van der Waals surface area (Å²) in [5, 5.41) is 16.2. The lowest BCUT2D eigenvalue weighted by atomic mass is 9.94. The molecular formula is C42H52N12O6. The molecule has 2 unspecified atom stereocenters. The first-order valence-corrected chi connectivity index (χ1v) is 21.0. The SMILES string of the molecule is CN1CCN([C@@H]2CCCN(c3cnc(C(N)=O)c(Nc4ccc(N5CCN(CCC6CN(c7ccc8c(c7)C(=O)N(C7CCC(=O)NC7=O)C8=O)C6)CC5)cc4)n3)C2)C1O. The molecule has 6 aliphatic rings. The number of nitrogens with zero attached hydrogens (tertiary/aromatic N) is 9. The predicted octanol–water partition coefficient (Wildman–Crippen LogP) is 0.861. The Morgan fingerprint density at radius 2 is 1.62 bits per heavy atom. The number of aliphatic hydroxyl groups excluding tert-OH is 1. The Kier molecular flexibility index (Phi) is 10.9. The van der Waals surface area contributed by atoms with Crippen LogP contribution in [0.15, 0.2) is 48.7 Å². The van der Waals surface area contributed by atoms with Crippen molar-refractivity contribution in [3.05, 3.63) is 65.5 Å². The minimum atomic E-state index is -0.971. The summed E-state index contributed by atoms with van der Waals surface area (Å²) in [5.41, 5.74) is 9.17. The van der Waals surface area contributed by atoms with E-state index in [1.54, 1.807) is 18.3 Å². The third-order valence-corrected chi connectivity index (χ3v) is 13.1. The fourth-order valence-corrected chi connectivity index (χ4v) is 9.47. The maximum Gasteiger partial charge on any atom is 0.271 e. The fourth-order valence-electron chi connectivity index (χ4n) is 9.47. The minimum absolute atomic E-state index is 0.0798. The van der Waals surface area contributed by atoms with Gasteiger partial charge in [0.1, 0.15) is 11.9 Å². The monoisotopic (exact) mass is 820 g/mol. The van der Waals surface area contributed by atoms with E-state index in [1.807, 2.05) is 30.1 Å². The Morgan fingerprint density at radius 1 is 0.867 bits per heavy atom. The lowest BCUT2D eigenvalue weighted by molar-refractivity contribution is -0.136. The van der Waals surface area contributed by atoms with Crippen molar-refractivity contribution in [1.29, 1.82) is 0 Å². The number of fused-ring (bicyclic) bond motifs is 1. The maximum atomic E-state index is 13.3. The summed E-state index contributed by atoms with van der Waals surface area (Å²) in [5.74, 6) is -1.13. The Balaban J connectivity index is 0.739. The molecule has 5 amide bonds. The van der Waals surface area contributed by atoms with Crippen LogP contribution in [-0.4, -0.2) is 162 Å². The molecule has 1 aromatic heterocycles. The van der Waals surface area contributed by atoms with Gasteiger partial charge < -0.3 is 30.9 Å². The smallest absolute Gasteiger partial charge is 0.271 e. The van der Waals surface area contributed by atoms with Crippen molar-refractivity contribution < 1.29 is 29.1 Å². The predicted molar refractivity (Wildman–Crippen MR) is 223 cm³/mol. The molecule has 5 fully saturated rings. The number of anilines is 5. The van der Waals surface area contributed by atoms with E-state index < -0.39 is 41.9 Å². The van der Waals surface area contributed by atoms with Crippen LogP contribution in [0.2, 0.25) is 0 Å². The third kappa shape index (κ3) is 7.75. The summed E-state index contributed by atoms with van der Waals surface area (Å²) >= 11 is 0. The molecule has 3 atom stereocenters. The van der Waals surface area contributed by atoms with Crippen LogP contribution in [0.3, 0.4) is 0 Å². The summed E-state index contributed by atoms with van der Waals surface area (Å²) in [6.45, 7) is 9.62. The van der Waals surface area contributed by atoms with Crippen LogP contribution >= 0.6 is 0 Å².